The molecule has 32 heavy (non-hydrogen) atoms. The number of aromatic nitrogens is 2. The first-order valence-corrected chi connectivity index (χ1v) is 10.1. The Bertz CT molecular complexity index is 1330. The largest absolute Gasteiger partial charge is 0.493 e. The number of nitrogens with zero attached hydrogens (tertiary/aromatic N) is 3. The van der Waals surface area contributed by atoms with Crippen molar-refractivity contribution in [1.82, 2.24) is 14.6 Å². The maximum absolute atomic E-state index is 12.6. The molecule has 3 aromatic rings. The SMILES string of the molecule is COc1ccc([C@H]2CC(c3c(O)n(-c4cccc(Cl)c4)c(=O)[nH]c3=O)=NN2C)cc1OC. The van der Waals surface area contributed by atoms with Crippen LogP contribution in [0.3, 0.4) is 0 Å². The summed E-state index contributed by atoms with van der Waals surface area (Å²) < 4.78 is 11.7. The molecule has 1 aromatic heterocycles. The molecule has 1 atom stereocenters. The van der Waals surface area contributed by atoms with E-state index >= 15 is 0 Å². The zero-order valence-electron chi connectivity index (χ0n) is 17.6. The van der Waals surface area contributed by atoms with Crippen LogP contribution < -0.4 is 20.7 Å². The van der Waals surface area contributed by atoms with Crippen LogP contribution in [0, 0.1) is 0 Å². The highest BCUT2D eigenvalue weighted by atomic mass is 35.5. The minimum Gasteiger partial charge on any atom is -0.493 e. The van der Waals surface area contributed by atoms with Gasteiger partial charge in [0, 0.05) is 18.5 Å². The Balaban J connectivity index is 1.76. The molecule has 0 saturated heterocycles. The van der Waals surface area contributed by atoms with Crippen LogP contribution in [0.4, 0.5) is 0 Å². The average molecular weight is 457 g/mol. The van der Waals surface area contributed by atoms with Crippen LogP contribution in [0.25, 0.3) is 5.69 Å². The molecule has 4 rings (SSSR count). The van der Waals surface area contributed by atoms with Gasteiger partial charge in [0.25, 0.3) is 5.56 Å². The lowest BCUT2D eigenvalue weighted by molar-refractivity contribution is 0.288. The van der Waals surface area contributed by atoms with Gasteiger partial charge in [-0.3, -0.25) is 14.8 Å². The molecule has 0 bridgehead atoms. The number of benzene rings is 2. The van der Waals surface area contributed by atoms with Gasteiger partial charge >= 0.3 is 5.69 Å². The fraction of sp³-hybridized carbons (Fsp3) is 0.227. The summed E-state index contributed by atoms with van der Waals surface area (Å²) in [5.41, 5.74) is -0.00196. The maximum Gasteiger partial charge on any atom is 0.335 e. The van der Waals surface area contributed by atoms with Crippen LogP contribution in [0.2, 0.25) is 5.02 Å². The van der Waals surface area contributed by atoms with E-state index in [1.807, 2.05) is 12.1 Å². The summed E-state index contributed by atoms with van der Waals surface area (Å²) in [6.45, 7) is 0. The third kappa shape index (κ3) is 3.71. The van der Waals surface area contributed by atoms with E-state index in [0.29, 0.717) is 34.3 Å². The van der Waals surface area contributed by atoms with Gasteiger partial charge < -0.3 is 14.6 Å². The van der Waals surface area contributed by atoms with Crippen molar-refractivity contribution in [3.05, 3.63) is 79.5 Å². The number of hydrazone groups is 1. The van der Waals surface area contributed by atoms with Crippen molar-refractivity contribution in [2.75, 3.05) is 21.3 Å². The molecule has 0 unspecified atom stereocenters. The van der Waals surface area contributed by atoms with Crippen molar-refractivity contribution in [3.8, 4) is 23.1 Å². The second-order valence-electron chi connectivity index (χ2n) is 7.23. The van der Waals surface area contributed by atoms with E-state index < -0.39 is 17.1 Å². The van der Waals surface area contributed by atoms with E-state index in [1.165, 1.54) is 6.07 Å². The summed E-state index contributed by atoms with van der Waals surface area (Å²) in [5, 5.41) is 17.5. The summed E-state index contributed by atoms with van der Waals surface area (Å²) in [6, 6.07) is 11.7. The Morgan fingerprint density at radius 3 is 2.56 bits per heavy atom. The smallest absolute Gasteiger partial charge is 0.335 e. The van der Waals surface area contributed by atoms with Crippen molar-refractivity contribution in [1.29, 1.82) is 0 Å². The minimum absolute atomic E-state index is 0.0700. The maximum atomic E-state index is 12.6. The van der Waals surface area contributed by atoms with E-state index in [-0.39, 0.29) is 11.6 Å². The van der Waals surface area contributed by atoms with Crippen molar-refractivity contribution >= 4 is 17.3 Å². The van der Waals surface area contributed by atoms with Gasteiger partial charge in [-0.05, 0) is 35.9 Å². The van der Waals surface area contributed by atoms with E-state index in [0.717, 1.165) is 10.1 Å². The molecular formula is C22H21ClN4O5. The quantitative estimate of drug-likeness (QED) is 0.611. The van der Waals surface area contributed by atoms with E-state index in [1.54, 1.807) is 50.5 Å². The first kappa shape index (κ1) is 21.5. The molecule has 0 aliphatic carbocycles. The van der Waals surface area contributed by atoms with Gasteiger partial charge in [-0.15, -0.1) is 0 Å². The second kappa shape index (κ2) is 8.43. The minimum atomic E-state index is -0.776. The second-order valence-corrected chi connectivity index (χ2v) is 7.66. The fourth-order valence-corrected chi connectivity index (χ4v) is 3.99. The van der Waals surface area contributed by atoms with Crippen LogP contribution in [0.5, 0.6) is 17.4 Å². The molecule has 1 aliphatic heterocycles. The molecule has 1 aliphatic rings. The molecule has 9 nitrogen and oxygen atoms in total. The van der Waals surface area contributed by atoms with Gasteiger partial charge in [0.15, 0.2) is 11.5 Å². The molecule has 0 spiro atoms. The number of ether oxygens (including phenoxy) is 2. The van der Waals surface area contributed by atoms with Crippen LogP contribution >= 0.6 is 11.6 Å². The number of hydrogen-bond acceptors (Lipinski definition) is 7. The number of H-pyrrole nitrogens is 1. The number of aromatic hydroxyl groups is 1. The highest BCUT2D eigenvalue weighted by molar-refractivity contribution is 6.30. The van der Waals surface area contributed by atoms with Crippen molar-refractivity contribution < 1.29 is 14.6 Å². The third-order valence-corrected chi connectivity index (χ3v) is 5.58. The lowest BCUT2D eigenvalue weighted by Crippen LogP contribution is -2.33. The first-order valence-electron chi connectivity index (χ1n) is 9.71. The first-order chi connectivity index (χ1) is 15.3. The zero-order valence-corrected chi connectivity index (χ0v) is 18.4. The highest BCUT2D eigenvalue weighted by Gasteiger charge is 2.31. The Kier molecular flexibility index (Phi) is 5.67. The Hall–Kier alpha value is -3.72. The van der Waals surface area contributed by atoms with Gasteiger partial charge in [-0.25, -0.2) is 9.36 Å². The molecule has 0 saturated carbocycles. The molecule has 10 heteroatoms. The predicted octanol–water partition coefficient (Wildman–Crippen LogP) is 2.68. The van der Waals surface area contributed by atoms with Crippen molar-refractivity contribution in [2.45, 2.75) is 12.5 Å². The number of hydrogen-bond donors (Lipinski definition) is 2. The fourth-order valence-electron chi connectivity index (χ4n) is 3.80. The van der Waals surface area contributed by atoms with Gasteiger partial charge in [-0.2, -0.15) is 5.10 Å². The average Bonchev–Trinajstić information content (AvgIpc) is 3.13. The number of aromatic amines is 1. The predicted molar refractivity (Wildman–Crippen MR) is 121 cm³/mol. The number of halogens is 1. The van der Waals surface area contributed by atoms with Gasteiger partial charge in [-0.1, -0.05) is 23.7 Å². The number of nitrogens with one attached hydrogen (secondary N) is 1. The van der Waals surface area contributed by atoms with E-state index in [9.17, 15) is 14.7 Å². The van der Waals surface area contributed by atoms with Crippen LogP contribution in [-0.4, -0.2) is 46.6 Å². The topological polar surface area (TPSA) is 109 Å². The van der Waals surface area contributed by atoms with Crippen LogP contribution in [0.1, 0.15) is 23.6 Å². The van der Waals surface area contributed by atoms with Gasteiger partial charge in [0.05, 0.1) is 31.7 Å². The molecule has 166 valence electrons. The molecule has 0 amide bonds. The Morgan fingerprint density at radius 1 is 1.12 bits per heavy atom. The normalized spacial score (nSPS) is 15.6. The molecular weight excluding hydrogens is 436 g/mol. The lowest BCUT2D eigenvalue weighted by Gasteiger charge is -2.20. The lowest BCUT2D eigenvalue weighted by atomic mass is 9.99. The molecule has 0 radical (unpaired) electrons. The summed E-state index contributed by atoms with van der Waals surface area (Å²) in [4.78, 5) is 27.3. The molecule has 2 heterocycles. The Morgan fingerprint density at radius 2 is 1.88 bits per heavy atom. The third-order valence-electron chi connectivity index (χ3n) is 5.35. The monoisotopic (exact) mass is 456 g/mol. The van der Waals surface area contributed by atoms with Gasteiger partial charge in [0.1, 0.15) is 5.56 Å². The Labute approximate surface area is 188 Å². The highest BCUT2D eigenvalue weighted by Crippen LogP contribution is 2.37. The van der Waals surface area contributed by atoms with E-state index in [2.05, 4.69) is 10.1 Å². The molecule has 2 aromatic carbocycles. The van der Waals surface area contributed by atoms with E-state index in [4.69, 9.17) is 21.1 Å². The molecule has 2 N–H and O–H groups in total. The van der Waals surface area contributed by atoms with Gasteiger partial charge in [0.2, 0.25) is 5.88 Å². The van der Waals surface area contributed by atoms with Crippen LogP contribution in [-0.2, 0) is 0 Å². The number of methoxy groups -OCH3 is 2. The van der Waals surface area contributed by atoms with Crippen molar-refractivity contribution in [2.24, 2.45) is 5.10 Å². The standard InChI is InChI=1S/C22H21ClN4O5/c1-26-16(12-7-8-17(31-2)18(9-12)32-3)11-15(25-26)19-20(28)24-22(30)27(21(19)29)14-6-4-5-13(23)10-14/h4-10,16,29H,11H2,1-3H3,(H,24,28,30)/t16-/m1/s1. The summed E-state index contributed by atoms with van der Waals surface area (Å²) in [7, 11) is 4.88. The number of rotatable bonds is 5. The summed E-state index contributed by atoms with van der Waals surface area (Å²) in [5.74, 6) is 0.670. The van der Waals surface area contributed by atoms with Crippen LogP contribution in [0.15, 0.2) is 57.2 Å². The summed E-state index contributed by atoms with van der Waals surface area (Å²) in [6.07, 6.45) is 0.330. The summed E-state index contributed by atoms with van der Waals surface area (Å²) >= 11 is 6.03. The molecule has 0 fully saturated rings. The van der Waals surface area contributed by atoms with Crippen molar-refractivity contribution in [3.63, 3.8) is 0 Å². The zero-order chi connectivity index (χ0) is 23.0.